The number of rotatable bonds is 2. The van der Waals surface area contributed by atoms with Crippen LogP contribution in [0.15, 0.2) is 28.8 Å². The molecule has 1 heterocycles. The van der Waals surface area contributed by atoms with Crippen LogP contribution in [0.1, 0.15) is 25.2 Å². The van der Waals surface area contributed by atoms with E-state index in [9.17, 15) is 4.39 Å². The zero-order chi connectivity index (χ0) is 11.8. The number of hydrogen-bond donors (Lipinski definition) is 1. The molecular weight excluding hydrogens is 227 g/mol. The van der Waals surface area contributed by atoms with Crippen molar-refractivity contribution in [1.82, 2.24) is 10.1 Å². The monoisotopic (exact) mass is 238 g/mol. The fraction of sp³-hybridized carbons (Fsp3) is 0.273. The first-order chi connectivity index (χ1) is 7.50. The predicted octanol–water partition coefficient (Wildman–Crippen LogP) is 3.20. The Morgan fingerprint density at radius 3 is 2.44 bits per heavy atom. The van der Waals surface area contributed by atoms with Gasteiger partial charge in [-0.3, -0.25) is 0 Å². The lowest BCUT2D eigenvalue weighted by atomic mass is 9.84. The molecule has 0 unspecified atom stereocenters. The first-order valence-corrected chi connectivity index (χ1v) is 5.23. The van der Waals surface area contributed by atoms with Gasteiger partial charge in [0.15, 0.2) is 5.82 Å². The summed E-state index contributed by atoms with van der Waals surface area (Å²) < 4.78 is 17.7. The Bertz CT molecular complexity index is 542. The van der Waals surface area contributed by atoms with Crippen molar-refractivity contribution in [1.29, 1.82) is 0 Å². The van der Waals surface area contributed by atoms with E-state index in [-0.39, 0.29) is 10.7 Å². The normalized spacial score (nSPS) is 11.7. The number of nitrogens with one attached hydrogen (secondary N) is 1. The molecule has 0 aliphatic heterocycles. The topological polar surface area (TPSA) is 41.8 Å². The SMILES string of the molecule is CC(C)(c1ccc(F)cc1)c1nc(=S)o[nH]1. The smallest absolute Gasteiger partial charge is 0.314 e. The van der Waals surface area contributed by atoms with Crippen LogP contribution in [0.4, 0.5) is 4.39 Å². The van der Waals surface area contributed by atoms with Gasteiger partial charge in [-0.1, -0.05) is 12.1 Å². The van der Waals surface area contributed by atoms with Crippen molar-refractivity contribution in [2.45, 2.75) is 19.3 Å². The quantitative estimate of drug-likeness (QED) is 0.817. The maximum absolute atomic E-state index is 12.8. The van der Waals surface area contributed by atoms with E-state index in [2.05, 4.69) is 10.1 Å². The molecule has 0 fully saturated rings. The van der Waals surface area contributed by atoms with E-state index in [1.165, 1.54) is 12.1 Å². The van der Waals surface area contributed by atoms with Crippen LogP contribution in [-0.4, -0.2) is 10.1 Å². The minimum atomic E-state index is -0.395. The standard InChI is InChI=1S/C11H11FN2OS/c1-11(2,9-13-10(16)15-14-9)7-3-5-8(12)6-4-7/h3-6H,1-2H3,(H,13,14,16). The van der Waals surface area contributed by atoms with Crippen molar-refractivity contribution in [3.05, 3.63) is 46.3 Å². The number of hydrogen-bond acceptors (Lipinski definition) is 3. The lowest BCUT2D eigenvalue weighted by Crippen LogP contribution is -2.20. The average Bonchev–Trinajstić information content (AvgIpc) is 2.66. The molecule has 0 bridgehead atoms. The molecule has 0 spiro atoms. The minimum absolute atomic E-state index is 0.171. The van der Waals surface area contributed by atoms with Crippen LogP contribution in [0.2, 0.25) is 0 Å². The number of aromatic amines is 1. The maximum Gasteiger partial charge on any atom is 0.314 e. The Labute approximate surface area is 97.3 Å². The summed E-state index contributed by atoms with van der Waals surface area (Å²) in [7, 11) is 0. The van der Waals surface area contributed by atoms with Crippen molar-refractivity contribution >= 4 is 12.2 Å². The number of aromatic nitrogens is 2. The van der Waals surface area contributed by atoms with Gasteiger partial charge in [0.05, 0.1) is 5.41 Å². The highest BCUT2D eigenvalue weighted by atomic mass is 32.1. The van der Waals surface area contributed by atoms with Gasteiger partial charge in [-0.15, -0.1) is 0 Å². The highest BCUT2D eigenvalue weighted by molar-refractivity contribution is 7.71. The second-order valence-corrected chi connectivity index (χ2v) is 4.41. The summed E-state index contributed by atoms with van der Waals surface area (Å²) in [6, 6.07) is 6.29. The predicted molar refractivity (Wildman–Crippen MR) is 60.2 cm³/mol. The summed E-state index contributed by atoms with van der Waals surface area (Å²) in [4.78, 5) is 4.25. The second-order valence-electron chi connectivity index (χ2n) is 4.06. The molecule has 16 heavy (non-hydrogen) atoms. The molecule has 0 amide bonds. The zero-order valence-corrected chi connectivity index (χ0v) is 9.77. The fourth-order valence-electron chi connectivity index (χ4n) is 1.50. The molecule has 0 aliphatic carbocycles. The molecule has 3 nitrogen and oxygen atoms in total. The molecule has 1 aromatic carbocycles. The van der Waals surface area contributed by atoms with Crippen molar-refractivity contribution < 1.29 is 8.91 Å². The molecule has 5 heteroatoms. The average molecular weight is 238 g/mol. The van der Waals surface area contributed by atoms with Gasteiger partial charge in [-0.2, -0.15) is 4.98 Å². The summed E-state index contributed by atoms with van der Waals surface area (Å²) in [5.74, 6) is 0.372. The maximum atomic E-state index is 12.8. The summed E-state index contributed by atoms with van der Waals surface area (Å²) in [6.45, 7) is 3.92. The van der Waals surface area contributed by atoms with Crippen molar-refractivity contribution in [2.75, 3.05) is 0 Å². The van der Waals surface area contributed by atoms with Crippen LogP contribution in [-0.2, 0) is 5.41 Å². The van der Waals surface area contributed by atoms with Gasteiger partial charge in [0, 0.05) is 0 Å². The Morgan fingerprint density at radius 1 is 1.31 bits per heavy atom. The van der Waals surface area contributed by atoms with Gasteiger partial charge in [0.1, 0.15) is 5.82 Å². The number of halogens is 1. The van der Waals surface area contributed by atoms with E-state index in [1.807, 2.05) is 13.8 Å². The zero-order valence-electron chi connectivity index (χ0n) is 8.95. The summed E-state index contributed by atoms with van der Waals surface area (Å²) >= 11 is 4.80. The molecule has 84 valence electrons. The van der Waals surface area contributed by atoms with Crippen LogP contribution in [0.5, 0.6) is 0 Å². The molecule has 0 radical (unpaired) electrons. The third-order valence-corrected chi connectivity index (χ3v) is 2.77. The molecule has 0 atom stereocenters. The van der Waals surface area contributed by atoms with Crippen LogP contribution >= 0.6 is 12.2 Å². The molecular formula is C11H11FN2OS. The van der Waals surface area contributed by atoms with Crippen molar-refractivity contribution in [3.8, 4) is 0 Å². The lowest BCUT2D eigenvalue weighted by molar-refractivity contribution is 0.387. The molecule has 0 aliphatic rings. The van der Waals surface area contributed by atoms with Gasteiger partial charge in [-0.25, -0.2) is 9.55 Å². The van der Waals surface area contributed by atoms with E-state index in [0.29, 0.717) is 5.82 Å². The summed E-state index contributed by atoms with van der Waals surface area (Å²) in [6.07, 6.45) is 0. The summed E-state index contributed by atoms with van der Waals surface area (Å²) in [5, 5.41) is 2.67. The third-order valence-electron chi connectivity index (χ3n) is 2.60. The number of nitrogens with zero attached hydrogens (tertiary/aromatic N) is 1. The minimum Gasteiger partial charge on any atom is -0.348 e. The Kier molecular flexibility index (Phi) is 2.63. The molecule has 1 aromatic heterocycles. The van der Waals surface area contributed by atoms with E-state index in [4.69, 9.17) is 16.7 Å². The van der Waals surface area contributed by atoms with E-state index < -0.39 is 5.41 Å². The molecule has 0 saturated heterocycles. The van der Waals surface area contributed by atoms with Crippen LogP contribution in [0, 0.1) is 10.7 Å². The Morgan fingerprint density at radius 2 is 1.94 bits per heavy atom. The van der Waals surface area contributed by atoms with E-state index in [0.717, 1.165) is 5.56 Å². The highest BCUT2D eigenvalue weighted by Gasteiger charge is 2.26. The first kappa shape index (κ1) is 11.0. The van der Waals surface area contributed by atoms with Crippen molar-refractivity contribution in [3.63, 3.8) is 0 Å². The molecule has 0 saturated carbocycles. The van der Waals surface area contributed by atoms with Gasteiger partial charge in [-0.05, 0) is 43.8 Å². The third kappa shape index (κ3) is 1.90. The molecule has 1 N–H and O–H groups in total. The van der Waals surface area contributed by atoms with Gasteiger partial charge in [0.25, 0.3) is 0 Å². The fourth-order valence-corrected chi connectivity index (χ4v) is 1.63. The van der Waals surface area contributed by atoms with Gasteiger partial charge >= 0.3 is 4.84 Å². The number of benzene rings is 1. The second kappa shape index (κ2) is 3.83. The van der Waals surface area contributed by atoms with Gasteiger partial charge < -0.3 is 4.52 Å². The van der Waals surface area contributed by atoms with E-state index in [1.54, 1.807) is 12.1 Å². The molecule has 2 rings (SSSR count). The van der Waals surface area contributed by atoms with Crippen LogP contribution in [0.25, 0.3) is 0 Å². The van der Waals surface area contributed by atoms with Gasteiger partial charge in [0.2, 0.25) is 0 Å². The summed E-state index contributed by atoms with van der Waals surface area (Å²) in [5.41, 5.74) is 0.544. The highest BCUT2D eigenvalue weighted by Crippen LogP contribution is 2.28. The van der Waals surface area contributed by atoms with E-state index >= 15 is 0 Å². The number of H-pyrrole nitrogens is 1. The van der Waals surface area contributed by atoms with Crippen LogP contribution in [0.3, 0.4) is 0 Å². The van der Waals surface area contributed by atoms with Crippen LogP contribution < -0.4 is 0 Å². The lowest BCUT2D eigenvalue weighted by Gasteiger charge is -2.21. The molecule has 2 aromatic rings. The largest absolute Gasteiger partial charge is 0.348 e. The Balaban J connectivity index is 2.45. The van der Waals surface area contributed by atoms with Crippen molar-refractivity contribution in [2.24, 2.45) is 0 Å². The Hall–Kier alpha value is -1.49. The first-order valence-electron chi connectivity index (χ1n) is 4.82.